The molecule has 10 heteroatoms. The second kappa shape index (κ2) is 10.6. The van der Waals surface area contributed by atoms with Gasteiger partial charge in [0.2, 0.25) is 20.0 Å². The first-order valence-corrected chi connectivity index (χ1v) is 15.3. The van der Waals surface area contributed by atoms with Crippen LogP contribution in [0, 0.1) is 13.8 Å². The fourth-order valence-electron chi connectivity index (χ4n) is 4.20. The van der Waals surface area contributed by atoms with E-state index in [1.165, 1.54) is 27.0 Å². The Morgan fingerprint density at radius 3 is 2.05 bits per heavy atom. The minimum atomic E-state index is -3.52. The maximum absolute atomic E-state index is 12.7. The fraction of sp³-hybridized carbons (Fsp3) is 0.296. The summed E-state index contributed by atoms with van der Waals surface area (Å²) < 4.78 is 53.2. The van der Waals surface area contributed by atoms with Gasteiger partial charge in [-0.3, -0.25) is 9.10 Å². The van der Waals surface area contributed by atoms with Gasteiger partial charge in [-0.05, 0) is 91.9 Å². The standard InChI is InChI=1S/C27H31N3O5S2/c1-20-6-13-25(18-21(20)2)30(36(3,32)33)19-22-7-9-23(10-8-22)27(31)28-24-11-14-26(15-12-24)37(34,35)29-16-4-5-17-29/h6-15,18H,4-5,16-17,19H2,1-3H3,(H,28,31). The predicted molar refractivity (Wildman–Crippen MR) is 146 cm³/mol. The average molecular weight is 542 g/mol. The highest BCUT2D eigenvalue weighted by Gasteiger charge is 2.27. The molecule has 8 nitrogen and oxygen atoms in total. The van der Waals surface area contributed by atoms with E-state index in [0.717, 1.165) is 29.5 Å². The van der Waals surface area contributed by atoms with E-state index >= 15 is 0 Å². The van der Waals surface area contributed by atoms with Crippen molar-refractivity contribution in [2.75, 3.05) is 29.0 Å². The minimum absolute atomic E-state index is 0.135. The van der Waals surface area contributed by atoms with Crippen LogP contribution in [0.4, 0.5) is 11.4 Å². The minimum Gasteiger partial charge on any atom is -0.322 e. The summed E-state index contributed by atoms with van der Waals surface area (Å²) in [7, 11) is -7.04. The van der Waals surface area contributed by atoms with Crippen LogP contribution in [-0.4, -0.2) is 46.4 Å². The van der Waals surface area contributed by atoms with Crippen LogP contribution in [0.5, 0.6) is 0 Å². The number of nitrogens with zero attached hydrogens (tertiary/aromatic N) is 2. The van der Waals surface area contributed by atoms with E-state index in [1.54, 1.807) is 42.5 Å². The first-order chi connectivity index (χ1) is 17.4. The van der Waals surface area contributed by atoms with Gasteiger partial charge in [0.15, 0.2) is 0 Å². The van der Waals surface area contributed by atoms with Crippen molar-refractivity contribution in [3.63, 3.8) is 0 Å². The molecule has 0 bridgehead atoms. The Morgan fingerprint density at radius 2 is 1.49 bits per heavy atom. The Labute approximate surface area is 219 Å². The molecule has 196 valence electrons. The molecule has 0 aromatic heterocycles. The zero-order valence-electron chi connectivity index (χ0n) is 21.1. The normalized spacial score (nSPS) is 14.5. The van der Waals surface area contributed by atoms with Gasteiger partial charge in [0.25, 0.3) is 5.91 Å². The molecule has 37 heavy (non-hydrogen) atoms. The lowest BCUT2D eigenvalue weighted by Gasteiger charge is -2.23. The number of sulfonamides is 2. The molecule has 4 rings (SSSR count). The number of anilines is 2. The molecule has 1 N–H and O–H groups in total. The number of amides is 1. The van der Waals surface area contributed by atoms with Crippen molar-refractivity contribution in [2.24, 2.45) is 0 Å². The van der Waals surface area contributed by atoms with Gasteiger partial charge >= 0.3 is 0 Å². The van der Waals surface area contributed by atoms with E-state index in [2.05, 4.69) is 5.32 Å². The number of hydrogen-bond donors (Lipinski definition) is 1. The molecule has 0 radical (unpaired) electrons. The van der Waals surface area contributed by atoms with Crippen LogP contribution in [0.15, 0.2) is 71.6 Å². The van der Waals surface area contributed by atoms with Gasteiger partial charge in [0.1, 0.15) is 0 Å². The summed E-state index contributed by atoms with van der Waals surface area (Å²) >= 11 is 0. The van der Waals surface area contributed by atoms with Gasteiger partial charge < -0.3 is 5.32 Å². The highest BCUT2D eigenvalue weighted by atomic mass is 32.2. The molecule has 0 atom stereocenters. The van der Waals surface area contributed by atoms with Crippen molar-refractivity contribution < 1.29 is 21.6 Å². The Kier molecular flexibility index (Phi) is 7.72. The Balaban J connectivity index is 1.44. The molecule has 1 aliphatic heterocycles. The number of benzene rings is 3. The third kappa shape index (κ3) is 6.20. The molecular weight excluding hydrogens is 510 g/mol. The van der Waals surface area contributed by atoms with Crippen molar-refractivity contribution in [1.29, 1.82) is 0 Å². The number of nitrogens with one attached hydrogen (secondary N) is 1. The second-order valence-corrected chi connectivity index (χ2v) is 13.2. The quantitative estimate of drug-likeness (QED) is 0.458. The van der Waals surface area contributed by atoms with Crippen molar-refractivity contribution >= 4 is 37.3 Å². The summed E-state index contributed by atoms with van der Waals surface area (Å²) in [4.78, 5) is 12.9. The highest BCUT2D eigenvalue weighted by molar-refractivity contribution is 7.92. The smallest absolute Gasteiger partial charge is 0.255 e. The number of carbonyl (C=O) groups is 1. The van der Waals surface area contributed by atoms with Crippen LogP contribution in [0.2, 0.25) is 0 Å². The van der Waals surface area contributed by atoms with Crippen LogP contribution < -0.4 is 9.62 Å². The molecule has 1 aliphatic rings. The Bertz CT molecular complexity index is 1490. The maximum Gasteiger partial charge on any atom is 0.255 e. The van der Waals surface area contributed by atoms with E-state index in [-0.39, 0.29) is 17.3 Å². The first-order valence-electron chi connectivity index (χ1n) is 12.0. The van der Waals surface area contributed by atoms with E-state index in [0.29, 0.717) is 30.0 Å². The third-order valence-corrected chi connectivity index (χ3v) is 9.59. The molecule has 3 aromatic rings. The fourth-order valence-corrected chi connectivity index (χ4v) is 6.60. The van der Waals surface area contributed by atoms with Gasteiger partial charge in [-0.1, -0.05) is 18.2 Å². The van der Waals surface area contributed by atoms with E-state index < -0.39 is 20.0 Å². The second-order valence-electron chi connectivity index (χ2n) is 9.32. The lowest BCUT2D eigenvalue weighted by atomic mass is 10.1. The van der Waals surface area contributed by atoms with Crippen molar-refractivity contribution in [3.8, 4) is 0 Å². The maximum atomic E-state index is 12.7. The molecule has 3 aromatic carbocycles. The monoisotopic (exact) mass is 541 g/mol. The lowest BCUT2D eigenvalue weighted by Crippen LogP contribution is -2.29. The molecule has 0 unspecified atom stereocenters. The zero-order valence-corrected chi connectivity index (χ0v) is 22.8. The van der Waals surface area contributed by atoms with Crippen molar-refractivity contribution in [3.05, 3.63) is 89.0 Å². The molecule has 1 heterocycles. The largest absolute Gasteiger partial charge is 0.322 e. The van der Waals surface area contributed by atoms with Crippen LogP contribution in [-0.2, 0) is 26.6 Å². The highest BCUT2D eigenvalue weighted by Crippen LogP contribution is 2.25. The molecule has 0 saturated carbocycles. The van der Waals surface area contributed by atoms with Crippen LogP contribution in [0.3, 0.4) is 0 Å². The molecule has 0 spiro atoms. The molecule has 0 aliphatic carbocycles. The number of aryl methyl sites for hydroxylation is 2. The van der Waals surface area contributed by atoms with Gasteiger partial charge in [0, 0.05) is 24.3 Å². The van der Waals surface area contributed by atoms with E-state index in [9.17, 15) is 21.6 Å². The Morgan fingerprint density at radius 1 is 0.865 bits per heavy atom. The van der Waals surface area contributed by atoms with Gasteiger partial charge in [-0.15, -0.1) is 0 Å². The first kappa shape index (κ1) is 26.8. The number of rotatable bonds is 8. The van der Waals surface area contributed by atoms with E-state index in [1.807, 2.05) is 26.0 Å². The summed E-state index contributed by atoms with van der Waals surface area (Å²) in [6, 6.07) is 18.4. The van der Waals surface area contributed by atoms with Crippen molar-refractivity contribution in [1.82, 2.24) is 4.31 Å². The van der Waals surface area contributed by atoms with Gasteiger partial charge in [-0.2, -0.15) is 4.31 Å². The summed E-state index contributed by atoms with van der Waals surface area (Å²) in [6.07, 6.45) is 2.90. The van der Waals surface area contributed by atoms with Crippen LogP contribution in [0.25, 0.3) is 0 Å². The van der Waals surface area contributed by atoms with Gasteiger partial charge in [0.05, 0.1) is 23.4 Å². The zero-order chi connectivity index (χ0) is 26.8. The topological polar surface area (TPSA) is 104 Å². The molecule has 1 fully saturated rings. The summed E-state index contributed by atoms with van der Waals surface area (Å²) in [5.74, 6) is -0.351. The van der Waals surface area contributed by atoms with Crippen molar-refractivity contribution in [2.45, 2.75) is 38.1 Å². The van der Waals surface area contributed by atoms with Gasteiger partial charge in [-0.25, -0.2) is 16.8 Å². The molecule has 1 saturated heterocycles. The van der Waals surface area contributed by atoms with Crippen LogP contribution >= 0.6 is 0 Å². The summed E-state index contributed by atoms with van der Waals surface area (Å²) in [6.45, 7) is 5.11. The number of hydrogen-bond acceptors (Lipinski definition) is 5. The SMILES string of the molecule is Cc1ccc(N(Cc2ccc(C(=O)Nc3ccc(S(=O)(=O)N4CCCC4)cc3)cc2)S(C)(=O)=O)cc1C. The molecular formula is C27H31N3O5S2. The molecule has 1 amide bonds. The average Bonchev–Trinajstić information content (AvgIpc) is 3.40. The Hall–Kier alpha value is -3.21. The van der Waals surface area contributed by atoms with E-state index in [4.69, 9.17) is 0 Å². The predicted octanol–water partition coefficient (Wildman–Crippen LogP) is 4.31. The lowest BCUT2D eigenvalue weighted by molar-refractivity contribution is 0.102. The van der Waals surface area contributed by atoms with Crippen LogP contribution in [0.1, 0.15) is 39.9 Å². The number of carbonyl (C=O) groups excluding carboxylic acids is 1. The summed E-state index contributed by atoms with van der Waals surface area (Å²) in [5, 5.41) is 2.77. The third-order valence-electron chi connectivity index (χ3n) is 6.54. The summed E-state index contributed by atoms with van der Waals surface area (Å²) in [5.41, 5.74) is 4.27.